The van der Waals surface area contributed by atoms with Gasteiger partial charge in [-0.3, -0.25) is 4.79 Å². The molecule has 0 fully saturated rings. The Hall–Kier alpha value is -3.42. The fourth-order valence-electron chi connectivity index (χ4n) is 2.18. The average Bonchev–Trinajstić information content (AvgIpc) is 3.17. The molecule has 0 saturated heterocycles. The van der Waals surface area contributed by atoms with E-state index in [1.807, 2.05) is 12.1 Å². The number of aromatic nitrogens is 4. The highest BCUT2D eigenvalue weighted by molar-refractivity contribution is 5.94. The molecule has 3 rings (SSSR count). The summed E-state index contributed by atoms with van der Waals surface area (Å²) in [7, 11) is 1.55. The largest absolute Gasteiger partial charge is 0.493 e. The molecule has 1 N–H and O–H groups in total. The second kappa shape index (κ2) is 7.43. The molecule has 0 saturated carbocycles. The van der Waals surface area contributed by atoms with Crippen molar-refractivity contribution in [3.05, 3.63) is 54.9 Å². The van der Waals surface area contributed by atoms with E-state index in [4.69, 9.17) is 9.47 Å². The normalized spacial score (nSPS) is 11.6. The van der Waals surface area contributed by atoms with Crippen molar-refractivity contribution in [3.8, 4) is 17.2 Å². The molecule has 128 valence electrons. The molecule has 0 spiro atoms. The SMILES string of the molecule is COc1ccccc1O[C@H](C)C(=O)Nc1ccc(-n2cnnn2)cc1. The van der Waals surface area contributed by atoms with E-state index in [1.54, 1.807) is 50.4 Å². The summed E-state index contributed by atoms with van der Waals surface area (Å²) in [6.45, 7) is 1.68. The molecule has 8 nitrogen and oxygen atoms in total. The van der Waals surface area contributed by atoms with Gasteiger partial charge in [0, 0.05) is 5.69 Å². The third kappa shape index (κ3) is 3.92. The van der Waals surface area contributed by atoms with Crippen LogP contribution in [0.1, 0.15) is 6.92 Å². The first-order valence-electron chi connectivity index (χ1n) is 7.61. The van der Waals surface area contributed by atoms with Crippen LogP contribution >= 0.6 is 0 Å². The minimum absolute atomic E-state index is 0.263. The van der Waals surface area contributed by atoms with Crippen LogP contribution in [0.15, 0.2) is 54.9 Å². The van der Waals surface area contributed by atoms with Crippen molar-refractivity contribution >= 4 is 11.6 Å². The number of anilines is 1. The van der Waals surface area contributed by atoms with Crippen molar-refractivity contribution in [2.45, 2.75) is 13.0 Å². The smallest absolute Gasteiger partial charge is 0.265 e. The maximum absolute atomic E-state index is 12.3. The van der Waals surface area contributed by atoms with E-state index in [0.29, 0.717) is 17.2 Å². The Bertz CT molecular complexity index is 834. The Morgan fingerprint density at radius 2 is 1.84 bits per heavy atom. The third-order valence-electron chi connectivity index (χ3n) is 3.49. The molecule has 1 amide bonds. The van der Waals surface area contributed by atoms with Gasteiger partial charge in [-0.15, -0.1) is 5.10 Å². The van der Waals surface area contributed by atoms with Crippen LogP contribution in [-0.4, -0.2) is 39.3 Å². The first-order valence-corrected chi connectivity index (χ1v) is 7.61. The van der Waals surface area contributed by atoms with Gasteiger partial charge < -0.3 is 14.8 Å². The first kappa shape index (κ1) is 16.4. The van der Waals surface area contributed by atoms with E-state index in [9.17, 15) is 4.79 Å². The number of tetrazole rings is 1. The predicted octanol–water partition coefficient (Wildman–Crippen LogP) is 2.08. The number of methoxy groups -OCH3 is 1. The molecule has 3 aromatic rings. The number of hydrogen-bond donors (Lipinski definition) is 1. The molecule has 1 heterocycles. The second-order valence-corrected chi connectivity index (χ2v) is 5.20. The van der Waals surface area contributed by atoms with Crippen LogP contribution in [0, 0.1) is 0 Å². The van der Waals surface area contributed by atoms with E-state index in [1.165, 1.54) is 11.0 Å². The van der Waals surface area contributed by atoms with Gasteiger partial charge in [0.25, 0.3) is 5.91 Å². The molecule has 0 aliphatic rings. The number of carbonyl (C=O) groups excluding carboxylic acids is 1. The molecular formula is C17H17N5O3. The van der Waals surface area contributed by atoms with E-state index in [0.717, 1.165) is 5.69 Å². The molecular weight excluding hydrogens is 322 g/mol. The third-order valence-corrected chi connectivity index (χ3v) is 3.49. The van der Waals surface area contributed by atoms with Gasteiger partial charge in [-0.05, 0) is 53.7 Å². The minimum atomic E-state index is -0.685. The molecule has 25 heavy (non-hydrogen) atoms. The van der Waals surface area contributed by atoms with Crippen LogP contribution in [0.25, 0.3) is 5.69 Å². The zero-order valence-corrected chi connectivity index (χ0v) is 13.8. The lowest BCUT2D eigenvalue weighted by atomic mass is 10.2. The quantitative estimate of drug-likeness (QED) is 0.739. The molecule has 1 atom stereocenters. The summed E-state index contributed by atoms with van der Waals surface area (Å²) in [6, 6.07) is 14.3. The number of hydrogen-bond acceptors (Lipinski definition) is 6. The summed E-state index contributed by atoms with van der Waals surface area (Å²) in [5.74, 6) is 0.829. The Labute approximate surface area is 144 Å². The summed E-state index contributed by atoms with van der Waals surface area (Å²) >= 11 is 0. The number of ether oxygens (including phenoxy) is 2. The molecule has 0 unspecified atom stereocenters. The van der Waals surface area contributed by atoms with Crippen LogP contribution in [0.3, 0.4) is 0 Å². The number of amides is 1. The topological polar surface area (TPSA) is 91.2 Å². The number of nitrogens with one attached hydrogen (secondary N) is 1. The highest BCUT2D eigenvalue weighted by atomic mass is 16.5. The summed E-state index contributed by atoms with van der Waals surface area (Å²) in [6.07, 6.45) is 0.812. The lowest BCUT2D eigenvalue weighted by Gasteiger charge is -2.16. The van der Waals surface area contributed by atoms with Crippen molar-refractivity contribution in [1.29, 1.82) is 0 Å². The number of rotatable bonds is 6. The molecule has 0 bridgehead atoms. The molecule has 0 aliphatic carbocycles. The van der Waals surface area contributed by atoms with Gasteiger partial charge in [0.05, 0.1) is 12.8 Å². The number of carbonyl (C=O) groups is 1. The fourth-order valence-corrected chi connectivity index (χ4v) is 2.18. The molecule has 0 aliphatic heterocycles. The second-order valence-electron chi connectivity index (χ2n) is 5.20. The van der Waals surface area contributed by atoms with Crippen LogP contribution < -0.4 is 14.8 Å². The van der Waals surface area contributed by atoms with Gasteiger partial charge in [-0.2, -0.15) is 0 Å². The first-order chi connectivity index (χ1) is 12.2. The summed E-state index contributed by atoms with van der Waals surface area (Å²) in [5, 5.41) is 13.8. The zero-order chi connectivity index (χ0) is 17.6. The van der Waals surface area contributed by atoms with E-state index >= 15 is 0 Å². The van der Waals surface area contributed by atoms with E-state index in [2.05, 4.69) is 20.8 Å². The van der Waals surface area contributed by atoms with E-state index < -0.39 is 6.10 Å². The summed E-state index contributed by atoms with van der Waals surface area (Å²) in [4.78, 5) is 12.3. The van der Waals surface area contributed by atoms with Gasteiger partial charge in [0.2, 0.25) is 0 Å². The molecule has 8 heteroatoms. The standard InChI is InChI=1S/C17H17N5O3/c1-12(25-16-6-4-3-5-15(16)24-2)17(23)19-13-7-9-14(10-8-13)22-11-18-20-21-22/h3-12H,1-2H3,(H,19,23)/t12-/m1/s1. The van der Waals surface area contributed by atoms with Crippen LogP contribution in [-0.2, 0) is 4.79 Å². The lowest BCUT2D eigenvalue weighted by molar-refractivity contribution is -0.122. The van der Waals surface area contributed by atoms with Crippen molar-refractivity contribution in [2.24, 2.45) is 0 Å². The van der Waals surface area contributed by atoms with Crippen molar-refractivity contribution in [2.75, 3.05) is 12.4 Å². The number of para-hydroxylation sites is 2. The summed E-state index contributed by atoms with van der Waals surface area (Å²) in [5.41, 5.74) is 1.44. The average molecular weight is 339 g/mol. The Balaban J connectivity index is 1.63. The lowest BCUT2D eigenvalue weighted by Crippen LogP contribution is -2.30. The minimum Gasteiger partial charge on any atom is -0.493 e. The fraction of sp³-hybridized carbons (Fsp3) is 0.176. The van der Waals surface area contributed by atoms with Crippen LogP contribution in [0.5, 0.6) is 11.5 Å². The van der Waals surface area contributed by atoms with Gasteiger partial charge >= 0.3 is 0 Å². The van der Waals surface area contributed by atoms with Gasteiger partial charge in [0.1, 0.15) is 6.33 Å². The van der Waals surface area contributed by atoms with Crippen molar-refractivity contribution in [3.63, 3.8) is 0 Å². The van der Waals surface area contributed by atoms with Crippen molar-refractivity contribution < 1.29 is 14.3 Å². The Morgan fingerprint density at radius 3 is 2.48 bits per heavy atom. The maximum atomic E-state index is 12.3. The summed E-state index contributed by atoms with van der Waals surface area (Å²) < 4.78 is 12.4. The molecule has 1 aromatic heterocycles. The number of nitrogens with zero attached hydrogens (tertiary/aromatic N) is 4. The van der Waals surface area contributed by atoms with Crippen LogP contribution in [0.4, 0.5) is 5.69 Å². The van der Waals surface area contributed by atoms with Crippen LogP contribution in [0.2, 0.25) is 0 Å². The molecule has 0 radical (unpaired) electrons. The monoisotopic (exact) mass is 339 g/mol. The Morgan fingerprint density at radius 1 is 1.12 bits per heavy atom. The van der Waals surface area contributed by atoms with Gasteiger partial charge in [0.15, 0.2) is 17.6 Å². The Kier molecular flexibility index (Phi) is 4.89. The van der Waals surface area contributed by atoms with Gasteiger partial charge in [-0.1, -0.05) is 12.1 Å². The van der Waals surface area contributed by atoms with Crippen molar-refractivity contribution in [1.82, 2.24) is 20.2 Å². The van der Waals surface area contributed by atoms with Gasteiger partial charge in [-0.25, -0.2) is 4.68 Å². The predicted molar refractivity (Wildman–Crippen MR) is 90.9 cm³/mol. The maximum Gasteiger partial charge on any atom is 0.265 e. The number of benzene rings is 2. The zero-order valence-electron chi connectivity index (χ0n) is 13.8. The highest BCUT2D eigenvalue weighted by Crippen LogP contribution is 2.27. The van der Waals surface area contributed by atoms with E-state index in [-0.39, 0.29) is 5.91 Å². The molecule has 2 aromatic carbocycles. The highest BCUT2D eigenvalue weighted by Gasteiger charge is 2.16.